The van der Waals surface area contributed by atoms with Gasteiger partial charge in [-0.05, 0) is 56.9 Å². The first-order chi connectivity index (χ1) is 12.5. The Morgan fingerprint density at radius 1 is 1.27 bits per heavy atom. The number of aromatic nitrogens is 2. The maximum absolute atomic E-state index is 13.0. The molecule has 0 bridgehead atoms. The fourth-order valence-electron chi connectivity index (χ4n) is 3.29. The van der Waals surface area contributed by atoms with Crippen LogP contribution in [0.5, 0.6) is 0 Å². The molecule has 0 spiro atoms. The van der Waals surface area contributed by atoms with E-state index in [-0.39, 0.29) is 11.9 Å². The van der Waals surface area contributed by atoms with Crippen LogP contribution in [0.1, 0.15) is 48.8 Å². The summed E-state index contributed by atoms with van der Waals surface area (Å²) in [6.07, 6.45) is 4.22. The molecule has 2 aromatic rings. The molecule has 0 radical (unpaired) electrons. The van der Waals surface area contributed by atoms with Crippen LogP contribution in [0.25, 0.3) is 0 Å². The number of amides is 1. The van der Waals surface area contributed by atoms with Crippen molar-refractivity contribution >= 4 is 40.7 Å². The number of benzene rings is 1. The molecule has 138 valence electrons. The Bertz CT molecular complexity index is 812. The number of aryl methyl sites for hydroxylation is 1. The van der Waals surface area contributed by atoms with E-state index >= 15 is 0 Å². The van der Waals surface area contributed by atoms with Crippen LogP contribution in [-0.4, -0.2) is 33.4 Å². The van der Waals surface area contributed by atoms with Crippen LogP contribution in [0, 0.1) is 6.92 Å². The number of rotatable bonds is 4. The Balaban J connectivity index is 1.87. The van der Waals surface area contributed by atoms with Crippen LogP contribution in [0.2, 0.25) is 10.0 Å². The van der Waals surface area contributed by atoms with Crippen molar-refractivity contribution in [2.45, 2.75) is 45.6 Å². The first-order valence-electron chi connectivity index (χ1n) is 8.86. The average Bonchev–Trinajstić information content (AvgIpc) is 2.63. The van der Waals surface area contributed by atoms with Crippen LogP contribution < -0.4 is 5.32 Å². The van der Waals surface area contributed by atoms with Gasteiger partial charge in [0.25, 0.3) is 5.91 Å². The van der Waals surface area contributed by atoms with Crippen molar-refractivity contribution in [1.29, 1.82) is 0 Å². The van der Waals surface area contributed by atoms with Crippen LogP contribution in [0.15, 0.2) is 24.3 Å². The number of hydrogen-bond acceptors (Lipinski definition) is 4. The minimum Gasteiger partial charge on any atom is -0.334 e. The smallest absolute Gasteiger partial charge is 0.272 e. The van der Waals surface area contributed by atoms with Crippen molar-refractivity contribution < 1.29 is 4.79 Å². The molecule has 26 heavy (non-hydrogen) atoms. The van der Waals surface area contributed by atoms with Crippen molar-refractivity contribution in [1.82, 2.24) is 14.9 Å². The topological polar surface area (TPSA) is 58.1 Å². The van der Waals surface area contributed by atoms with E-state index in [2.05, 4.69) is 22.2 Å². The highest BCUT2D eigenvalue weighted by Gasteiger charge is 2.27. The highest BCUT2D eigenvalue weighted by molar-refractivity contribution is 6.35. The number of carbonyl (C=O) groups is 1. The number of anilines is 2. The summed E-state index contributed by atoms with van der Waals surface area (Å²) in [5.74, 6) is 0.296. The van der Waals surface area contributed by atoms with Crippen molar-refractivity contribution in [3.05, 3.63) is 45.7 Å². The molecule has 0 saturated carbocycles. The van der Waals surface area contributed by atoms with Gasteiger partial charge in [-0.25, -0.2) is 9.97 Å². The predicted molar refractivity (Wildman–Crippen MR) is 105 cm³/mol. The van der Waals surface area contributed by atoms with Gasteiger partial charge >= 0.3 is 0 Å². The Morgan fingerprint density at radius 3 is 2.85 bits per heavy atom. The standard InChI is InChI=1S/C19H22Cl2N4O/c1-3-14-6-4-5-9-25(14)18(26)17-10-12(2)22-19(24-17)23-16-11-13(20)7-8-15(16)21/h7-8,10-11,14H,3-6,9H2,1-2H3,(H,22,23,24). The van der Waals surface area contributed by atoms with Gasteiger partial charge in [-0.3, -0.25) is 4.79 Å². The summed E-state index contributed by atoms with van der Waals surface area (Å²) in [6, 6.07) is 7.13. The second-order valence-electron chi connectivity index (χ2n) is 6.52. The van der Waals surface area contributed by atoms with E-state index in [1.165, 1.54) is 6.42 Å². The third-order valence-electron chi connectivity index (χ3n) is 4.61. The predicted octanol–water partition coefficient (Wildman–Crippen LogP) is 5.24. The molecule has 0 aliphatic carbocycles. The molecule has 3 rings (SSSR count). The van der Waals surface area contributed by atoms with Crippen LogP contribution >= 0.6 is 23.2 Å². The number of nitrogens with zero attached hydrogens (tertiary/aromatic N) is 3. The summed E-state index contributed by atoms with van der Waals surface area (Å²) in [5.41, 5.74) is 1.72. The summed E-state index contributed by atoms with van der Waals surface area (Å²) in [7, 11) is 0. The molecule has 7 heteroatoms. The number of piperidine rings is 1. The van der Waals surface area contributed by atoms with Crippen molar-refractivity contribution in [3.8, 4) is 0 Å². The zero-order valence-corrected chi connectivity index (χ0v) is 16.4. The molecule has 1 aromatic carbocycles. The van der Waals surface area contributed by atoms with Gasteiger partial charge in [0, 0.05) is 23.3 Å². The molecule has 1 unspecified atom stereocenters. The molecular formula is C19H22Cl2N4O. The molecule has 1 aliphatic rings. The molecule has 1 aromatic heterocycles. The molecule has 1 fully saturated rings. The van der Waals surface area contributed by atoms with E-state index in [1.807, 2.05) is 11.8 Å². The number of hydrogen-bond donors (Lipinski definition) is 1. The van der Waals surface area contributed by atoms with Crippen LogP contribution in [0.4, 0.5) is 11.6 Å². The molecule has 1 saturated heterocycles. The molecule has 1 amide bonds. The largest absolute Gasteiger partial charge is 0.334 e. The fourth-order valence-corrected chi connectivity index (χ4v) is 3.62. The zero-order chi connectivity index (χ0) is 18.7. The van der Waals surface area contributed by atoms with E-state index in [9.17, 15) is 4.79 Å². The van der Waals surface area contributed by atoms with E-state index in [0.29, 0.717) is 33.1 Å². The van der Waals surface area contributed by atoms with Gasteiger partial charge in [0.05, 0.1) is 10.7 Å². The second-order valence-corrected chi connectivity index (χ2v) is 7.37. The van der Waals surface area contributed by atoms with Crippen molar-refractivity contribution in [3.63, 3.8) is 0 Å². The normalized spacial score (nSPS) is 17.2. The monoisotopic (exact) mass is 392 g/mol. The van der Waals surface area contributed by atoms with Crippen molar-refractivity contribution in [2.75, 3.05) is 11.9 Å². The van der Waals surface area contributed by atoms with E-state index in [1.54, 1.807) is 24.3 Å². The Kier molecular flexibility index (Phi) is 5.99. The summed E-state index contributed by atoms with van der Waals surface area (Å²) >= 11 is 12.2. The lowest BCUT2D eigenvalue weighted by Gasteiger charge is -2.35. The summed E-state index contributed by atoms with van der Waals surface area (Å²) < 4.78 is 0. The number of carbonyl (C=O) groups excluding carboxylic acids is 1. The molecule has 1 N–H and O–H groups in total. The Hall–Kier alpha value is -1.85. The van der Waals surface area contributed by atoms with E-state index in [0.717, 1.165) is 25.8 Å². The fraction of sp³-hybridized carbons (Fsp3) is 0.421. The SMILES string of the molecule is CCC1CCCCN1C(=O)c1cc(C)nc(Nc2cc(Cl)ccc2Cl)n1. The van der Waals surface area contributed by atoms with Crippen LogP contribution in [-0.2, 0) is 0 Å². The molecule has 2 heterocycles. The zero-order valence-electron chi connectivity index (χ0n) is 14.9. The van der Waals surface area contributed by atoms with Gasteiger partial charge in [-0.2, -0.15) is 0 Å². The number of nitrogens with one attached hydrogen (secondary N) is 1. The number of halogens is 2. The van der Waals surface area contributed by atoms with E-state index < -0.39 is 0 Å². The quantitative estimate of drug-likeness (QED) is 0.772. The highest BCUT2D eigenvalue weighted by Crippen LogP contribution is 2.28. The van der Waals surface area contributed by atoms with E-state index in [4.69, 9.17) is 23.2 Å². The third-order valence-corrected chi connectivity index (χ3v) is 5.17. The lowest BCUT2D eigenvalue weighted by Crippen LogP contribution is -2.43. The molecular weight excluding hydrogens is 371 g/mol. The Labute approximate surface area is 163 Å². The highest BCUT2D eigenvalue weighted by atomic mass is 35.5. The van der Waals surface area contributed by atoms with Crippen molar-refractivity contribution in [2.24, 2.45) is 0 Å². The third kappa shape index (κ3) is 4.27. The first-order valence-corrected chi connectivity index (χ1v) is 9.62. The molecule has 1 atom stereocenters. The van der Waals surface area contributed by atoms with Gasteiger partial charge in [0.2, 0.25) is 5.95 Å². The molecule has 1 aliphatic heterocycles. The maximum atomic E-state index is 13.0. The minimum absolute atomic E-state index is 0.0395. The van der Waals surface area contributed by atoms with Gasteiger partial charge < -0.3 is 10.2 Å². The lowest BCUT2D eigenvalue weighted by molar-refractivity contribution is 0.0602. The van der Waals surface area contributed by atoms with Gasteiger partial charge in [0.15, 0.2) is 0 Å². The maximum Gasteiger partial charge on any atom is 0.272 e. The Morgan fingerprint density at radius 2 is 2.08 bits per heavy atom. The summed E-state index contributed by atoms with van der Waals surface area (Å²) in [6.45, 7) is 4.75. The average molecular weight is 393 g/mol. The van der Waals surface area contributed by atoms with Crippen LogP contribution in [0.3, 0.4) is 0 Å². The molecule has 5 nitrogen and oxygen atoms in total. The number of likely N-dealkylation sites (tertiary alicyclic amines) is 1. The van der Waals surface area contributed by atoms with Gasteiger partial charge in [0.1, 0.15) is 5.69 Å². The summed E-state index contributed by atoms with van der Waals surface area (Å²) in [5, 5.41) is 4.13. The summed E-state index contributed by atoms with van der Waals surface area (Å²) in [4.78, 5) is 23.8. The van der Waals surface area contributed by atoms with Gasteiger partial charge in [-0.1, -0.05) is 30.1 Å². The lowest BCUT2D eigenvalue weighted by atomic mass is 9.99. The second kappa shape index (κ2) is 8.23. The van der Waals surface area contributed by atoms with Gasteiger partial charge in [-0.15, -0.1) is 0 Å². The minimum atomic E-state index is -0.0395. The first kappa shape index (κ1) is 18.9.